The lowest BCUT2D eigenvalue weighted by Gasteiger charge is -2.10. The molecule has 2 unspecified atom stereocenters. The van der Waals surface area contributed by atoms with Gasteiger partial charge in [-0.15, -0.1) is 11.8 Å². The summed E-state index contributed by atoms with van der Waals surface area (Å²) < 4.78 is 17.5. The Labute approximate surface area is 83.2 Å². The van der Waals surface area contributed by atoms with Gasteiger partial charge in [-0.1, -0.05) is 20.3 Å². The number of alkyl halides is 1. The fourth-order valence-corrected chi connectivity index (χ4v) is 1.58. The van der Waals surface area contributed by atoms with E-state index >= 15 is 0 Å². The van der Waals surface area contributed by atoms with E-state index in [0.29, 0.717) is 11.7 Å². The van der Waals surface area contributed by atoms with E-state index < -0.39 is 11.5 Å². The number of hydrogen-bond donors (Lipinski definition) is 0. The third-order valence-corrected chi connectivity index (χ3v) is 2.94. The highest BCUT2D eigenvalue weighted by atomic mass is 32.2. The van der Waals surface area contributed by atoms with Gasteiger partial charge in [0.1, 0.15) is 0 Å². The molecule has 0 aromatic rings. The first-order valence-electron chi connectivity index (χ1n) is 4.54. The SMILES string of the molecule is CCOC(=O)C(F)SCC(C)CC. The summed E-state index contributed by atoms with van der Waals surface area (Å²) >= 11 is 1.02. The highest BCUT2D eigenvalue weighted by Crippen LogP contribution is 2.18. The third kappa shape index (κ3) is 5.91. The average Bonchev–Trinajstić information content (AvgIpc) is 2.13. The van der Waals surface area contributed by atoms with E-state index in [4.69, 9.17) is 0 Å². The van der Waals surface area contributed by atoms with Crippen LogP contribution >= 0.6 is 11.8 Å². The van der Waals surface area contributed by atoms with E-state index in [9.17, 15) is 9.18 Å². The fourth-order valence-electron chi connectivity index (χ4n) is 0.642. The Morgan fingerprint density at radius 2 is 2.15 bits per heavy atom. The van der Waals surface area contributed by atoms with Gasteiger partial charge >= 0.3 is 5.97 Å². The molecule has 2 atom stereocenters. The Balaban J connectivity index is 3.60. The second-order valence-corrected chi connectivity index (χ2v) is 4.00. The molecule has 0 aliphatic heterocycles. The molecule has 0 radical (unpaired) electrons. The van der Waals surface area contributed by atoms with Crippen molar-refractivity contribution in [2.75, 3.05) is 12.4 Å². The van der Waals surface area contributed by atoms with E-state index in [1.807, 2.05) is 13.8 Å². The molecule has 0 N–H and O–H groups in total. The maximum absolute atomic E-state index is 13.0. The van der Waals surface area contributed by atoms with E-state index in [1.54, 1.807) is 6.92 Å². The Morgan fingerprint density at radius 3 is 2.62 bits per heavy atom. The van der Waals surface area contributed by atoms with Crippen molar-refractivity contribution in [3.05, 3.63) is 0 Å². The lowest BCUT2D eigenvalue weighted by atomic mass is 10.2. The van der Waals surface area contributed by atoms with Crippen molar-refractivity contribution in [1.82, 2.24) is 0 Å². The zero-order valence-corrected chi connectivity index (χ0v) is 9.20. The molecule has 0 amide bonds. The van der Waals surface area contributed by atoms with Gasteiger partial charge < -0.3 is 4.74 Å². The van der Waals surface area contributed by atoms with E-state index in [1.165, 1.54) is 0 Å². The van der Waals surface area contributed by atoms with Crippen LogP contribution in [-0.4, -0.2) is 23.8 Å². The molecule has 0 rings (SSSR count). The van der Waals surface area contributed by atoms with Crippen LogP contribution in [0.2, 0.25) is 0 Å². The number of carbonyl (C=O) groups excluding carboxylic acids is 1. The monoisotopic (exact) mass is 208 g/mol. The number of halogens is 1. The summed E-state index contributed by atoms with van der Waals surface area (Å²) in [5.74, 6) is 0.352. The molecule has 2 nitrogen and oxygen atoms in total. The van der Waals surface area contributed by atoms with Gasteiger partial charge in [0.2, 0.25) is 5.50 Å². The summed E-state index contributed by atoms with van der Waals surface area (Å²) in [4.78, 5) is 10.8. The number of hydrogen-bond acceptors (Lipinski definition) is 3. The number of thioether (sulfide) groups is 1. The third-order valence-electron chi connectivity index (χ3n) is 1.70. The standard InChI is InChI=1S/C9H17FO2S/c1-4-7(3)6-13-8(10)9(11)12-5-2/h7-8H,4-6H2,1-3H3. The average molecular weight is 208 g/mol. The van der Waals surface area contributed by atoms with Crippen LogP contribution in [0.15, 0.2) is 0 Å². The maximum Gasteiger partial charge on any atom is 0.351 e. The summed E-state index contributed by atoms with van der Waals surface area (Å²) in [6.07, 6.45) is 1.00. The van der Waals surface area contributed by atoms with Gasteiger partial charge in [0.25, 0.3) is 0 Å². The normalized spacial score (nSPS) is 15.1. The van der Waals surface area contributed by atoms with Crippen molar-refractivity contribution in [3.8, 4) is 0 Å². The minimum Gasteiger partial charge on any atom is -0.463 e. The van der Waals surface area contributed by atoms with Gasteiger partial charge in [-0.05, 0) is 18.6 Å². The number of rotatable bonds is 6. The lowest BCUT2D eigenvalue weighted by Crippen LogP contribution is -2.16. The molecule has 0 bridgehead atoms. The maximum atomic E-state index is 13.0. The van der Waals surface area contributed by atoms with Gasteiger partial charge in [0, 0.05) is 0 Å². The first-order valence-corrected chi connectivity index (χ1v) is 5.59. The number of esters is 1. The van der Waals surface area contributed by atoms with Crippen LogP contribution in [0.1, 0.15) is 27.2 Å². The van der Waals surface area contributed by atoms with Gasteiger partial charge in [-0.3, -0.25) is 0 Å². The lowest BCUT2D eigenvalue weighted by molar-refractivity contribution is -0.145. The van der Waals surface area contributed by atoms with E-state index in [2.05, 4.69) is 4.74 Å². The molecule has 0 aromatic heterocycles. The van der Waals surface area contributed by atoms with Crippen molar-refractivity contribution >= 4 is 17.7 Å². The van der Waals surface area contributed by atoms with Crippen molar-refractivity contribution in [1.29, 1.82) is 0 Å². The van der Waals surface area contributed by atoms with Crippen molar-refractivity contribution in [2.24, 2.45) is 5.92 Å². The predicted molar refractivity (Wildman–Crippen MR) is 53.4 cm³/mol. The second-order valence-electron chi connectivity index (χ2n) is 2.91. The summed E-state index contributed by atoms with van der Waals surface area (Å²) in [6, 6.07) is 0. The highest BCUT2D eigenvalue weighted by Gasteiger charge is 2.19. The zero-order valence-electron chi connectivity index (χ0n) is 8.38. The summed E-state index contributed by atoms with van der Waals surface area (Å²) in [5.41, 5.74) is -1.52. The topological polar surface area (TPSA) is 26.3 Å². The molecule has 0 fully saturated rings. The van der Waals surface area contributed by atoms with Gasteiger partial charge in [-0.2, -0.15) is 0 Å². The van der Waals surface area contributed by atoms with Crippen LogP contribution < -0.4 is 0 Å². The van der Waals surface area contributed by atoms with Crippen LogP contribution in [0.3, 0.4) is 0 Å². The van der Waals surface area contributed by atoms with Gasteiger partial charge in [-0.25, -0.2) is 9.18 Å². The van der Waals surface area contributed by atoms with Crippen LogP contribution in [0.4, 0.5) is 4.39 Å². The molecule has 0 aliphatic rings. The molecule has 0 aliphatic carbocycles. The van der Waals surface area contributed by atoms with Crippen LogP contribution in [0.5, 0.6) is 0 Å². The van der Waals surface area contributed by atoms with Gasteiger partial charge in [0.15, 0.2) is 0 Å². The van der Waals surface area contributed by atoms with Crippen LogP contribution in [-0.2, 0) is 9.53 Å². The predicted octanol–water partition coefficient (Wildman–Crippen LogP) is 2.62. The second kappa shape index (κ2) is 7.18. The Hall–Kier alpha value is -0.250. The zero-order chi connectivity index (χ0) is 10.3. The van der Waals surface area contributed by atoms with Crippen molar-refractivity contribution in [3.63, 3.8) is 0 Å². The van der Waals surface area contributed by atoms with Crippen molar-refractivity contribution < 1.29 is 13.9 Å². The Bertz CT molecular complexity index is 153. The molecule has 0 heterocycles. The summed E-state index contributed by atoms with van der Waals surface area (Å²) in [5, 5.41) is 0. The quantitative estimate of drug-likeness (QED) is 0.628. The van der Waals surface area contributed by atoms with E-state index in [0.717, 1.165) is 18.2 Å². The smallest absolute Gasteiger partial charge is 0.351 e. The summed E-state index contributed by atoms with van der Waals surface area (Å²) in [6.45, 7) is 5.99. The van der Waals surface area contributed by atoms with Crippen LogP contribution in [0, 0.1) is 5.92 Å². The molecule has 13 heavy (non-hydrogen) atoms. The van der Waals surface area contributed by atoms with Crippen molar-refractivity contribution in [2.45, 2.75) is 32.7 Å². The Kier molecular flexibility index (Phi) is 7.04. The minimum absolute atomic E-state index is 0.239. The first kappa shape index (κ1) is 12.8. The highest BCUT2D eigenvalue weighted by molar-refractivity contribution is 8.00. The first-order chi connectivity index (χ1) is 6.11. The molecular weight excluding hydrogens is 191 g/mol. The Morgan fingerprint density at radius 1 is 1.54 bits per heavy atom. The molecule has 0 spiro atoms. The molecule has 0 saturated heterocycles. The molecule has 0 aromatic carbocycles. The molecule has 4 heteroatoms. The van der Waals surface area contributed by atoms with E-state index in [-0.39, 0.29) is 6.61 Å². The number of carbonyl (C=O) groups is 1. The van der Waals surface area contributed by atoms with Crippen LogP contribution in [0.25, 0.3) is 0 Å². The summed E-state index contributed by atoms with van der Waals surface area (Å²) in [7, 11) is 0. The van der Waals surface area contributed by atoms with Gasteiger partial charge in [0.05, 0.1) is 6.61 Å². The fraction of sp³-hybridized carbons (Fsp3) is 0.889. The minimum atomic E-state index is -1.52. The molecule has 0 saturated carbocycles. The number of ether oxygens (including phenoxy) is 1. The molecular formula is C9H17FO2S. The molecule has 78 valence electrons. The largest absolute Gasteiger partial charge is 0.463 e.